The molecule has 0 saturated heterocycles. The van der Waals surface area contributed by atoms with E-state index in [4.69, 9.17) is 0 Å². The van der Waals surface area contributed by atoms with Gasteiger partial charge in [0.05, 0.1) is 5.52 Å². The highest BCUT2D eigenvalue weighted by Gasteiger charge is 2.13. The molecule has 3 nitrogen and oxygen atoms in total. The van der Waals surface area contributed by atoms with Gasteiger partial charge in [-0.25, -0.2) is 0 Å². The number of rotatable bonds is 5. The number of aromatic nitrogens is 1. The molecule has 0 unspecified atom stereocenters. The van der Waals surface area contributed by atoms with Crippen molar-refractivity contribution in [3.05, 3.63) is 30.0 Å². The van der Waals surface area contributed by atoms with E-state index in [-0.39, 0.29) is 0 Å². The number of phenolic OH excluding ortho intramolecular Hbond substituents is 1. The first-order chi connectivity index (χ1) is 8.65. The Labute approximate surface area is 108 Å². The summed E-state index contributed by atoms with van der Waals surface area (Å²) < 4.78 is 2.32. The van der Waals surface area contributed by atoms with Crippen LogP contribution < -0.4 is 5.32 Å². The topological polar surface area (TPSA) is 37.2 Å². The fraction of sp³-hybridized carbons (Fsp3) is 0.467. The maximum absolute atomic E-state index is 9.94. The number of fused-ring (bicyclic) bond motifs is 1. The Morgan fingerprint density at radius 3 is 2.78 bits per heavy atom. The lowest BCUT2D eigenvalue weighted by Gasteiger charge is -2.14. The minimum Gasteiger partial charge on any atom is -0.507 e. The monoisotopic (exact) mass is 246 g/mol. The maximum Gasteiger partial charge on any atom is 0.124 e. The molecule has 0 fully saturated rings. The first kappa shape index (κ1) is 13.0. The minimum absolute atomic E-state index is 0.377. The van der Waals surface area contributed by atoms with Crippen LogP contribution >= 0.6 is 0 Å². The predicted octanol–water partition coefficient (Wildman–Crippen LogP) is 3.08. The maximum atomic E-state index is 9.94. The van der Waals surface area contributed by atoms with Gasteiger partial charge in [0.2, 0.25) is 0 Å². The predicted molar refractivity (Wildman–Crippen MR) is 76.2 cm³/mol. The molecule has 0 aliphatic rings. The smallest absolute Gasteiger partial charge is 0.124 e. The van der Waals surface area contributed by atoms with Gasteiger partial charge >= 0.3 is 0 Å². The Bertz CT molecular complexity index is 529. The second kappa shape index (κ2) is 5.44. The molecule has 0 amide bonds. The molecule has 2 aromatic rings. The van der Waals surface area contributed by atoms with Crippen LogP contribution in [-0.4, -0.2) is 23.3 Å². The van der Waals surface area contributed by atoms with E-state index in [2.05, 4.69) is 35.9 Å². The van der Waals surface area contributed by atoms with Crippen molar-refractivity contribution in [2.24, 2.45) is 0 Å². The van der Waals surface area contributed by atoms with Gasteiger partial charge in [-0.2, -0.15) is 0 Å². The summed E-state index contributed by atoms with van der Waals surface area (Å²) in [5, 5.41) is 14.1. The summed E-state index contributed by atoms with van der Waals surface area (Å²) >= 11 is 0. The normalized spacial score (nSPS) is 11.6. The summed E-state index contributed by atoms with van der Waals surface area (Å²) in [6.45, 7) is 5.39. The largest absolute Gasteiger partial charge is 0.507 e. The molecule has 3 heteroatoms. The number of hydrogen-bond donors (Lipinski definition) is 2. The van der Waals surface area contributed by atoms with Crippen molar-refractivity contribution in [2.75, 3.05) is 13.6 Å². The van der Waals surface area contributed by atoms with E-state index < -0.39 is 0 Å². The van der Waals surface area contributed by atoms with Crippen LogP contribution in [0.4, 0.5) is 0 Å². The van der Waals surface area contributed by atoms with Gasteiger partial charge in [-0.15, -0.1) is 0 Å². The third kappa shape index (κ3) is 2.36. The van der Waals surface area contributed by atoms with E-state index in [1.807, 2.05) is 13.1 Å². The summed E-state index contributed by atoms with van der Waals surface area (Å²) in [5.74, 6) is 0.377. The molecular formula is C15H22N2O. The quantitative estimate of drug-likeness (QED) is 0.796. The number of benzene rings is 1. The molecule has 0 saturated carbocycles. The number of nitrogens with zero attached hydrogens (tertiary/aromatic N) is 1. The van der Waals surface area contributed by atoms with Crippen LogP contribution in [0, 0.1) is 0 Å². The average Bonchev–Trinajstić information content (AvgIpc) is 2.69. The lowest BCUT2D eigenvalue weighted by molar-refractivity contribution is 0.481. The summed E-state index contributed by atoms with van der Waals surface area (Å²) in [4.78, 5) is 0. The molecule has 1 heterocycles. The third-order valence-corrected chi connectivity index (χ3v) is 3.32. The molecule has 98 valence electrons. The van der Waals surface area contributed by atoms with Crippen molar-refractivity contribution in [1.29, 1.82) is 0 Å². The molecule has 0 aliphatic carbocycles. The van der Waals surface area contributed by atoms with Crippen molar-refractivity contribution in [2.45, 2.75) is 32.7 Å². The molecule has 0 radical (unpaired) electrons. The lowest BCUT2D eigenvalue weighted by atomic mass is 10.2. The van der Waals surface area contributed by atoms with Gasteiger partial charge in [0, 0.05) is 17.1 Å². The van der Waals surface area contributed by atoms with Crippen molar-refractivity contribution in [1.82, 2.24) is 9.88 Å². The molecule has 0 aliphatic heterocycles. The van der Waals surface area contributed by atoms with Crippen molar-refractivity contribution < 1.29 is 5.11 Å². The van der Waals surface area contributed by atoms with Gasteiger partial charge in [0.25, 0.3) is 0 Å². The van der Waals surface area contributed by atoms with E-state index in [1.165, 1.54) is 5.69 Å². The molecule has 1 aromatic heterocycles. The molecule has 18 heavy (non-hydrogen) atoms. The van der Waals surface area contributed by atoms with Crippen LogP contribution in [0.5, 0.6) is 5.75 Å². The summed E-state index contributed by atoms with van der Waals surface area (Å²) in [7, 11) is 1.98. The molecular weight excluding hydrogens is 224 g/mol. The van der Waals surface area contributed by atoms with Crippen LogP contribution in [-0.2, 0) is 6.42 Å². The average molecular weight is 246 g/mol. The number of phenols is 1. The van der Waals surface area contributed by atoms with Crippen LogP contribution in [0.2, 0.25) is 0 Å². The van der Waals surface area contributed by atoms with Crippen molar-refractivity contribution in [3.63, 3.8) is 0 Å². The second-order valence-corrected chi connectivity index (χ2v) is 5.02. The molecule has 2 rings (SSSR count). The summed E-state index contributed by atoms with van der Waals surface area (Å²) in [5.41, 5.74) is 2.43. The lowest BCUT2D eigenvalue weighted by Crippen LogP contribution is -2.11. The van der Waals surface area contributed by atoms with Crippen LogP contribution in [0.25, 0.3) is 10.9 Å². The molecule has 0 atom stereocenters. The van der Waals surface area contributed by atoms with Gasteiger partial charge in [-0.1, -0.05) is 6.07 Å². The molecule has 1 aromatic carbocycles. The fourth-order valence-corrected chi connectivity index (χ4v) is 2.54. The minimum atomic E-state index is 0.377. The van der Waals surface area contributed by atoms with E-state index in [1.54, 1.807) is 6.07 Å². The fourth-order valence-electron chi connectivity index (χ4n) is 2.54. The Hall–Kier alpha value is -1.48. The first-order valence-electron chi connectivity index (χ1n) is 6.61. The Kier molecular flexibility index (Phi) is 3.92. The summed E-state index contributed by atoms with van der Waals surface area (Å²) in [6.07, 6.45) is 2.15. The van der Waals surface area contributed by atoms with Crippen LogP contribution in [0.3, 0.4) is 0 Å². The summed E-state index contributed by atoms with van der Waals surface area (Å²) in [6, 6.07) is 8.28. The standard InChI is InChI=1S/C15H22N2O/c1-11(2)17-12(6-5-9-16-3)10-13-14(17)7-4-8-15(13)18/h4,7-8,10-11,16,18H,5-6,9H2,1-3H3. The van der Waals surface area contributed by atoms with E-state index >= 15 is 0 Å². The number of hydrogen-bond acceptors (Lipinski definition) is 2. The molecule has 0 spiro atoms. The highest BCUT2D eigenvalue weighted by Crippen LogP contribution is 2.30. The van der Waals surface area contributed by atoms with Gasteiger partial charge in [0.1, 0.15) is 5.75 Å². The SMILES string of the molecule is CNCCCc1cc2c(O)cccc2n1C(C)C. The van der Waals surface area contributed by atoms with Crippen molar-refractivity contribution in [3.8, 4) is 5.75 Å². The first-order valence-corrected chi connectivity index (χ1v) is 6.61. The Balaban J connectivity index is 2.44. The number of nitrogens with one attached hydrogen (secondary N) is 1. The van der Waals surface area contributed by atoms with E-state index in [9.17, 15) is 5.11 Å². The molecule has 0 bridgehead atoms. The van der Waals surface area contributed by atoms with E-state index in [0.717, 1.165) is 30.3 Å². The highest BCUT2D eigenvalue weighted by molar-refractivity contribution is 5.87. The second-order valence-electron chi connectivity index (χ2n) is 5.02. The van der Waals surface area contributed by atoms with Crippen molar-refractivity contribution >= 4 is 10.9 Å². The Morgan fingerprint density at radius 2 is 2.11 bits per heavy atom. The number of aryl methyl sites for hydroxylation is 1. The van der Waals surface area contributed by atoms with Gasteiger partial charge in [-0.05, 0) is 58.5 Å². The Morgan fingerprint density at radius 1 is 1.33 bits per heavy atom. The highest BCUT2D eigenvalue weighted by atomic mass is 16.3. The zero-order chi connectivity index (χ0) is 13.1. The zero-order valence-corrected chi connectivity index (χ0v) is 11.4. The van der Waals surface area contributed by atoms with Gasteiger partial charge in [0.15, 0.2) is 0 Å². The number of aromatic hydroxyl groups is 1. The van der Waals surface area contributed by atoms with Crippen LogP contribution in [0.1, 0.15) is 32.0 Å². The molecule has 2 N–H and O–H groups in total. The van der Waals surface area contributed by atoms with Gasteiger partial charge < -0.3 is 15.0 Å². The third-order valence-electron chi connectivity index (χ3n) is 3.32. The van der Waals surface area contributed by atoms with Crippen LogP contribution in [0.15, 0.2) is 24.3 Å². The van der Waals surface area contributed by atoms with E-state index in [0.29, 0.717) is 11.8 Å². The zero-order valence-electron chi connectivity index (χ0n) is 11.4. The van der Waals surface area contributed by atoms with Gasteiger partial charge in [-0.3, -0.25) is 0 Å².